The van der Waals surface area contributed by atoms with Gasteiger partial charge >= 0.3 is 0 Å². The molecule has 4 nitrogen and oxygen atoms in total. The third-order valence-corrected chi connectivity index (χ3v) is 10.5. The highest BCUT2D eigenvalue weighted by molar-refractivity contribution is 5.83. The molecule has 10 rings (SSSR count). The molecule has 1 spiro atoms. The van der Waals surface area contributed by atoms with Crippen molar-refractivity contribution < 1.29 is 4.74 Å². The number of nitrogens with zero attached hydrogens (tertiary/aromatic N) is 3. The molecule has 2 aliphatic carbocycles. The molecule has 0 N–H and O–H groups in total. The average molecular weight is 642 g/mol. The Bertz CT molecular complexity index is 2430. The zero-order valence-electron chi connectivity index (χ0n) is 27.1. The molecule has 236 valence electrons. The molecule has 3 aliphatic rings. The fraction of sp³-hybridized carbons (Fsp3) is 0.0652. The molecule has 0 bridgehead atoms. The van der Waals surface area contributed by atoms with Crippen LogP contribution >= 0.6 is 0 Å². The van der Waals surface area contributed by atoms with E-state index in [1.165, 1.54) is 22.3 Å². The highest BCUT2D eigenvalue weighted by atomic mass is 16.5. The van der Waals surface area contributed by atoms with E-state index in [1.54, 1.807) is 0 Å². The lowest BCUT2D eigenvalue weighted by Gasteiger charge is -2.43. The molecule has 0 saturated heterocycles. The van der Waals surface area contributed by atoms with Crippen LogP contribution in [0.3, 0.4) is 0 Å². The van der Waals surface area contributed by atoms with Crippen molar-refractivity contribution in [2.24, 2.45) is 5.92 Å². The van der Waals surface area contributed by atoms with Crippen LogP contribution in [0.2, 0.25) is 0 Å². The first-order valence-corrected chi connectivity index (χ1v) is 17.1. The van der Waals surface area contributed by atoms with Gasteiger partial charge in [0.2, 0.25) is 0 Å². The third kappa shape index (κ3) is 4.28. The number of hydrogen-bond donors (Lipinski definition) is 0. The van der Waals surface area contributed by atoms with Gasteiger partial charge in [-0.1, -0.05) is 140 Å². The van der Waals surface area contributed by atoms with Crippen LogP contribution in [0.15, 0.2) is 176 Å². The quantitative estimate of drug-likeness (QED) is 0.192. The first-order chi connectivity index (χ1) is 24.8. The first-order valence-electron chi connectivity index (χ1n) is 17.1. The van der Waals surface area contributed by atoms with E-state index >= 15 is 0 Å². The second-order valence-electron chi connectivity index (χ2n) is 13.1. The number of pyridine rings is 1. The largest absolute Gasteiger partial charge is 0.457 e. The van der Waals surface area contributed by atoms with Gasteiger partial charge in [0.15, 0.2) is 5.82 Å². The SMILES string of the molecule is C1=CC2c3ccccc3C3(c4ccccc4Oc4cc(-c5ncccc5-c5cc(-c6ccccc6)nc(-c6ccccc6)n5)ccc43)C2C=C1. The molecule has 0 saturated carbocycles. The normalized spacial score (nSPS) is 19.3. The zero-order chi connectivity index (χ0) is 33.1. The first kappa shape index (κ1) is 28.6. The molecule has 2 aromatic heterocycles. The Balaban J connectivity index is 1.16. The van der Waals surface area contributed by atoms with Gasteiger partial charge in [-0.25, -0.2) is 9.97 Å². The maximum atomic E-state index is 6.83. The molecular weight excluding hydrogens is 611 g/mol. The van der Waals surface area contributed by atoms with Gasteiger partial charge in [-0.05, 0) is 41.5 Å². The van der Waals surface area contributed by atoms with Gasteiger partial charge in [0.1, 0.15) is 11.5 Å². The second kappa shape index (κ2) is 11.4. The molecule has 3 atom stereocenters. The van der Waals surface area contributed by atoms with Crippen LogP contribution in [-0.4, -0.2) is 15.0 Å². The lowest BCUT2D eigenvalue weighted by molar-refractivity contribution is 0.374. The van der Waals surface area contributed by atoms with Crippen LogP contribution in [0.5, 0.6) is 11.5 Å². The minimum Gasteiger partial charge on any atom is -0.457 e. The van der Waals surface area contributed by atoms with Crippen molar-refractivity contribution in [2.45, 2.75) is 11.3 Å². The summed E-state index contributed by atoms with van der Waals surface area (Å²) in [5, 5.41) is 0. The van der Waals surface area contributed by atoms with Gasteiger partial charge in [-0.2, -0.15) is 0 Å². The fourth-order valence-corrected chi connectivity index (χ4v) is 8.42. The minimum absolute atomic E-state index is 0.221. The Morgan fingerprint density at radius 3 is 2.08 bits per heavy atom. The fourth-order valence-electron chi connectivity index (χ4n) is 8.42. The van der Waals surface area contributed by atoms with Gasteiger partial charge in [0.05, 0.1) is 22.5 Å². The number of hydrogen-bond acceptors (Lipinski definition) is 4. The van der Waals surface area contributed by atoms with Crippen molar-refractivity contribution in [3.63, 3.8) is 0 Å². The highest BCUT2D eigenvalue weighted by Gasteiger charge is 2.56. The summed E-state index contributed by atoms with van der Waals surface area (Å²) < 4.78 is 6.83. The van der Waals surface area contributed by atoms with Crippen molar-refractivity contribution in [1.29, 1.82) is 0 Å². The predicted molar refractivity (Wildman–Crippen MR) is 199 cm³/mol. The standard InChI is InChI=1S/C46H31N3O/c1-3-14-30(15-4-1)40-29-41(49-45(48-40)31-16-5-2-6-17-31)35-20-13-27-47-44(35)32-25-26-39-43(28-32)50-42-24-12-11-23-38(42)46(39)36-21-9-7-18-33(36)34-19-8-10-22-37(34)46/h1-29,33,36H. The van der Waals surface area contributed by atoms with E-state index in [0.29, 0.717) is 5.82 Å². The number of fused-ring (bicyclic) bond motifs is 9. The van der Waals surface area contributed by atoms with Gasteiger partial charge in [-0.15, -0.1) is 0 Å². The number of ether oxygens (including phenoxy) is 1. The molecule has 1 aliphatic heterocycles. The maximum absolute atomic E-state index is 6.83. The Hall–Kier alpha value is -6.39. The number of benzene rings is 5. The number of rotatable bonds is 4. The summed E-state index contributed by atoms with van der Waals surface area (Å²) in [7, 11) is 0. The van der Waals surface area contributed by atoms with Crippen LogP contribution in [0.4, 0.5) is 0 Å². The van der Waals surface area contributed by atoms with Gasteiger partial charge in [0, 0.05) is 51.4 Å². The van der Waals surface area contributed by atoms with Gasteiger partial charge in [-0.3, -0.25) is 4.98 Å². The molecule has 0 radical (unpaired) electrons. The van der Waals surface area contributed by atoms with Crippen LogP contribution in [0.25, 0.3) is 45.2 Å². The van der Waals surface area contributed by atoms with Crippen LogP contribution in [-0.2, 0) is 5.41 Å². The number of allylic oxidation sites excluding steroid dienone is 4. The van der Waals surface area contributed by atoms with Crippen molar-refractivity contribution in [1.82, 2.24) is 15.0 Å². The summed E-state index contributed by atoms with van der Waals surface area (Å²) in [6.45, 7) is 0. The van der Waals surface area contributed by atoms with E-state index in [2.05, 4.69) is 127 Å². The smallest absolute Gasteiger partial charge is 0.160 e. The molecule has 4 heteroatoms. The van der Waals surface area contributed by atoms with E-state index in [9.17, 15) is 0 Å². The Morgan fingerprint density at radius 1 is 0.520 bits per heavy atom. The van der Waals surface area contributed by atoms with Crippen LogP contribution in [0.1, 0.15) is 28.2 Å². The van der Waals surface area contributed by atoms with Crippen LogP contribution < -0.4 is 4.74 Å². The Morgan fingerprint density at radius 2 is 1.22 bits per heavy atom. The third-order valence-electron chi connectivity index (χ3n) is 10.5. The lowest BCUT2D eigenvalue weighted by atomic mass is 9.62. The molecule has 50 heavy (non-hydrogen) atoms. The maximum Gasteiger partial charge on any atom is 0.160 e. The molecule has 0 fully saturated rings. The Labute approximate surface area is 291 Å². The second-order valence-corrected chi connectivity index (χ2v) is 13.1. The molecule has 3 heterocycles. The van der Waals surface area contributed by atoms with E-state index in [0.717, 1.165) is 50.8 Å². The van der Waals surface area contributed by atoms with E-state index in [-0.39, 0.29) is 17.3 Å². The van der Waals surface area contributed by atoms with Crippen molar-refractivity contribution in [3.05, 3.63) is 198 Å². The summed E-state index contributed by atoms with van der Waals surface area (Å²) >= 11 is 0. The molecule has 0 amide bonds. The van der Waals surface area contributed by atoms with Gasteiger partial charge in [0.25, 0.3) is 0 Å². The molecule has 5 aromatic carbocycles. The summed E-state index contributed by atoms with van der Waals surface area (Å²) in [6.07, 6.45) is 11.0. The number of para-hydroxylation sites is 1. The molecule has 3 unspecified atom stereocenters. The Kier molecular flexibility index (Phi) is 6.50. The summed E-state index contributed by atoms with van der Waals surface area (Å²) in [5.41, 5.74) is 11.1. The monoisotopic (exact) mass is 641 g/mol. The summed E-state index contributed by atoms with van der Waals surface area (Å²) in [4.78, 5) is 15.1. The van der Waals surface area contributed by atoms with Crippen molar-refractivity contribution in [2.75, 3.05) is 0 Å². The minimum atomic E-state index is -0.389. The van der Waals surface area contributed by atoms with Gasteiger partial charge < -0.3 is 4.74 Å². The summed E-state index contributed by atoms with van der Waals surface area (Å²) in [5.74, 6) is 2.93. The summed E-state index contributed by atoms with van der Waals surface area (Å²) in [6, 6.07) is 50.7. The average Bonchev–Trinajstić information content (AvgIpc) is 3.49. The molecular formula is C46H31N3O. The van der Waals surface area contributed by atoms with Crippen molar-refractivity contribution >= 4 is 0 Å². The lowest BCUT2D eigenvalue weighted by Crippen LogP contribution is -2.37. The van der Waals surface area contributed by atoms with E-state index < -0.39 is 0 Å². The van der Waals surface area contributed by atoms with Crippen molar-refractivity contribution in [3.8, 4) is 56.7 Å². The molecule has 7 aromatic rings. The zero-order valence-corrected chi connectivity index (χ0v) is 27.1. The van der Waals surface area contributed by atoms with Crippen LogP contribution in [0, 0.1) is 5.92 Å². The topological polar surface area (TPSA) is 47.9 Å². The highest BCUT2D eigenvalue weighted by Crippen LogP contribution is 2.64. The van der Waals surface area contributed by atoms with E-state index in [4.69, 9.17) is 19.7 Å². The number of aromatic nitrogens is 3. The van der Waals surface area contributed by atoms with E-state index in [1.807, 2.05) is 48.7 Å². The predicted octanol–water partition coefficient (Wildman–Crippen LogP) is 10.8.